The van der Waals surface area contributed by atoms with Crippen LogP contribution in [-0.2, 0) is 10.0 Å². The molecule has 0 atom stereocenters. The number of hydrogen-bond acceptors (Lipinski definition) is 4. The van der Waals surface area contributed by atoms with Crippen LogP contribution in [0.5, 0.6) is 5.75 Å². The monoisotopic (exact) mass is 480 g/mol. The quantitative estimate of drug-likeness (QED) is 0.669. The van der Waals surface area contributed by atoms with E-state index in [9.17, 15) is 13.2 Å². The fourth-order valence-electron chi connectivity index (χ4n) is 3.64. The molecule has 0 heterocycles. The number of anilines is 1. The molecule has 0 radical (unpaired) electrons. The van der Waals surface area contributed by atoms with Gasteiger partial charge in [-0.2, -0.15) is 0 Å². The zero-order valence-corrected chi connectivity index (χ0v) is 19.1. The van der Waals surface area contributed by atoms with Gasteiger partial charge in [-0.05, 0) is 61.7 Å². The van der Waals surface area contributed by atoms with E-state index >= 15 is 0 Å². The third-order valence-electron chi connectivity index (χ3n) is 5.20. The van der Waals surface area contributed by atoms with Gasteiger partial charge in [0.15, 0.2) is 0 Å². The average Bonchev–Trinajstić information content (AvgIpc) is 3.18. The third kappa shape index (κ3) is 4.82. The summed E-state index contributed by atoms with van der Waals surface area (Å²) in [6.07, 6.45) is 3.68. The number of nitrogens with zero attached hydrogens (tertiary/aromatic N) is 1. The standard InChI is InChI=1S/C21H25BrN2O4S/c1-14-12-16(22)9-10-18(14)24(2)21(25)15-8-11-19(28-3)20(13-15)29(26,27)23-17-6-4-5-7-17/h8-13,17,23H,4-7H2,1-3H3. The lowest BCUT2D eigenvalue weighted by Gasteiger charge is -2.21. The molecular formula is C21H25BrN2O4S. The Balaban J connectivity index is 1.94. The topological polar surface area (TPSA) is 75.7 Å². The number of halogens is 1. The van der Waals surface area contributed by atoms with Crippen LogP contribution in [0.25, 0.3) is 0 Å². The predicted octanol–water partition coefficient (Wildman–Crippen LogP) is 4.26. The highest BCUT2D eigenvalue weighted by Crippen LogP contribution is 2.29. The van der Waals surface area contributed by atoms with Crippen LogP contribution < -0.4 is 14.4 Å². The molecule has 0 aliphatic heterocycles. The second-order valence-corrected chi connectivity index (χ2v) is 9.86. The number of benzene rings is 2. The molecule has 0 aromatic heterocycles. The SMILES string of the molecule is COc1ccc(C(=O)N(C)c2ccc(Br)cc2C)cc1S(=O)(=O)NC1CCCC1. The summed E-state index contributed by atoms with van der Waals surface area (Å²) in [5, 5.41) is 0. The highest BCUT2D eigenvalue weighted by atomic mass is 79.9. The summed E-state index contributed by atoms with van der Waals surface area (Å²) in [6, 6.07) is 10.1. The van der Waals surface area contributed by atoms with E-state index in [1.165, 1.54) is 24.1 Å². The van der Waals surface area contributed by atoms with Crippen molar-refractivity contribution in [2.75, 3.05) is 19.1 Å². The van der Waals surface area contributed by atoms with Gasteiger partial charge in [0.1, 0.15) is 10.6 Å². The molecule has 1 saturated carbocycles. The van der Waals surface area contributed by atoms with Crippen LogP contribution in [0.15, 0.2) is 45.8 Å². The number of rotatable bonds is 6. The first-order valence-electron chi connectivity index (χ1n) is 9.47. The third-order valence-corrected chi connectivity index (χ3v) is 7.24. The number of amides is 1. The summed E-state index contributed by atoms with van der Waals surface area (Å²) in [7, 11) is -0.705. The molecule has 156 valence electrons. The molecule has 2 aromatic carbocycles. The average molecular weight is 481 g/mol. The zero-order chi connectivity index (χ0) is 21.2. The predicted molar refractivity (Wildman–Crippen MR) is 117 cm³/mol. The Morgan fingerprint density at radius 2 is 1.86 bits per heavy atom. The molecule has 1 aliphatic carbocycles. The van der Waals surface area contributed by atoms with Gasteiger partial charge in [0.2, 0.25) is 10.0 Å². The molecule has 0 unspecified atom stereocenters. The van der Waals surface area contributed by atoms with Crippen molar-refractivity contribution in [3.63, 3.8) is 0 Å². The van der Waals surface area contributed by atoms with Crippen molar-refractivity contribution in [2.24, 2.45) is 0 Å². The fourth-order valence-corrected chi connectivity index (χ4v) is 5.62. The first-order valence-corrected chi connectivity index (χ1v) is 11.7. The number of sulfonamides is 1. The lowest BCUT2D eigenvalue weighted by atomic mass is 10.1. The number of methoxy groups -OCH3 is 1. The minimum atomic E-state index is -3.80. The van der Waals surface area contributed by atoms with E-state index in [-0.39, 0.29) is 28.2 Å². The van der Waals surface area contributed by atoms with Gasteiger partial charge in [-0.3, -0.25) is 4.79 Å². The number of carbonyl (C=O) groups is 1. The van der Waals surface area contributed by atoms with Gasteiger partial charge in [0, 0.05) is 28.8 Å². The number of ether oxygens (including phenoxy) is 1. The van der Waals surface area contributed by atoms with E-state index < -0.39 is 10.0 Å². The molecule has 29 heavy (non-hydrogen) atoms. The highest BCUT2D eigenvalue weighted by molar-refractivity contribution is 9.10. The maximum atomic E-state index is 13.1. The van der Waals surface area contributed by atoms with Crippen molar-refractivity contribution in [1.29, 1.82) is 0 Å². The van der Waals surface area contributed by atoms with Crippen LogP contribution >= 0.6 is 15.9 Å². The normalized spacial score (nSPS) is 14.8. The molecule has 6 nitrogen and oxygen atoms in total. The summed E-state index contributed by atoms with van der Waals surface area (Å²) in [6.45, 7) is 1.92. The number of carbonyl (C=O) groups excluding carboxylic acids is 1. The summed E-state index contributed by atoms with van der Waals surface area (Å²) in [5.41, 5.74) is 1.96. The molecule has 1 N–H and O–H groups in total. The first-order chi connectivity index (χ1) is 13.7. The van der Waals surface area contributed by atoms with Gasteiger partial charge in [0.05, 0.1) is 7.11 Å². The molecule has 1 amide bonds. The molecule has 0 bridgehead atoms. The van der Waals surface area contributed by atoms with Gasteiger partial charge in [0.25, 0.3) is 5.91 Å². The molecular weight excluding hydrogens is 456 g/mol. The van der Waals surface area contributed by atoms with Crippen molar-refractivity contribution in [1.82, 2.24) is 4.72 Å². The summed E-state index contributed by atoms with van der Waals surface area (Å²) in [4.78, 5) is 14.6. The maximum Gasteiger partial charge on any atom is 0.258 e. The lowest BCUT2D eigenvalue weighted by molar-refractivity contribution is 0.0992. The smallest absolute Gasteiger partial charge is 0.258 e. The lowest BCUT2D eigenvalue weighted by Crippen LogP contribution is -2.33. The number of hydrogen-bond donors (Lipinski definition) is 1. The van der Waals surface area contributed by atoms with Crippen LogP contribution in [0.2, 0.25) is 0 Å². The van der Waals surface area contributed by atoms with Crippen LogP contribution in [0, 0.1) is 6.92 Å². The van der Waals surface area contributed by atoms with E-state index in [2.05, 4.69) is 20.7 Å². The molecule has 1 aliphatic rings. The highest BCUT2D eigenvalue weighted by Gasteiger charge is 2.27. The maximum absolute atomic E-state index is 13.1. The minimum absolute atomic E-state index is 0.0151. The largest absolute Gasteiger partial charge is 0.495 e. The number of aryl methyl sites for hydroxylation is 1. The van der Waals surface area contributed by atoms with Crippen molar-refractivity contribution >= 4 is 37.5 Å². The van der Waals surface area contributed by atoms with Gasteiger partial charge in [-0.25, -0.2) is 13.1 Å². The second-order valence-electron chi connectivity index (χ2n) is 7.26. The molecule has 0 spiro atoms. The van der Waals surface area contributed by atoms with Gasteiger partial charge >= 0.3 is 0 Å². The Morgan fingerprint density at radius 1 is 1.17 bits per heavy atom. The molecule has 3 rings (SSSR count). The number of nitrogens with one attached hydrogen (secondary N) is 1. The van der Waals surface area contributed by atoms with Crippen LogP contribution in [0.1, 0.15) is 41.6 Å². The van der Waals surface area contributed by atoms with Crippen molar-refractivity contribution < 1.29 is 17.9 Å². The fraction of sp³-hybridized carbons (Fsp3) is 0.381. The van der Waals surface area contributed by atoms with Crippen LogP contribution in [0.3, 0.4) is 0 Å². The Labute approximate surface area is 180 Å². The van der Waals surface area contributed by atoms with Gasteiger partial charge in [-0.1, -0.05) is 28.8 Å². The van der Waals surface area contributed by atoms with E-state index in [1.54, 1.807) is 13.1 Å². The summed E-state index contributed by atoms with van der Waals surface area (Å²) in [5.74, 6) is -0.0788. The Bertz CT molecular complexity index is 1020. The second kappa shape index (κ2) is 8.85. The van der Waals surface area contributed by atoms with Crippen LogP contribution in [-0.4, -0.2) is 34.5 Å². The van der Waals surface area contributed by atoms with Gasteiger partial charge < -0.3 is 9.64 Å². The van der Waals surface area contributed by atoms with Gasteiger partial charge in [-0.15, -0.1) is 0 Å². The first kappa shape index (κ1) is 21.8. The summed E-state index contributed by atoms with van der Waals surface area (Å²) >= 11 is 3.42. The Hall–Kier alpha value is -1.90. The van der Waals surface area contributed by atoms with E-state index in [4.69, 9.17) is 4.74 Å². The van der Waals surface area contributed by atoms with Crippen LogP contribution in [0.4, 0.5) is 5.69 Å². The molecule has 8 heteroatoms. The molecule has 2 aromatic rings. The minimum Gasteiger partial charge on any atom is -0.495 e. The summed E-state index contributed by atoms with van der Waals surface area (Å²) < 4.78 is 34.8. The Kier molecular flexibility index (Phi) is 6.65. The zero-order valence-electron chi connectivity index (χ0n) is 16.7. The van der Waals surface area contributed by atoms with Crippen molar-refractivity contribution in [2.45, 2.75) is 43.5 Å². The Morgan fingerprint density at radius 3 is 2.48 bits per heavy atom. The van der Waals surface area contributed by atoms with Crippen molar-refractivity contribution in [3.8, 4) is 5.75 Å². The van der Waals surface area contributed by atoms with E-state index in [1.807, 2.05) is 25.1 Å². The van der Waals surface area contributed by atoms with E-state index in [0.717, 1.165) is 41.4 Å². The van der Waals surface area contributed by atoms with Crippen molar-refractivity contribution in [3.05, 3.63) is 52.0 Å². The molecule has 1 fully saturated rings. The van der Waals surface area contributed by atoms with E-state index in [0.29, 0.717) is 0 Å². The molecule has 0 saturated heterocycles.